The fourth-order valence-corrected chi connectivity index (χ4v) is 2.08. The number of nitrogens with one attached hydrogen (secondary N) is 1. The number of aromatic nitrogens is 1. The van der Waals surface area contributed by atoms with E-state index < -0.39 is 0 Å². The topological polar surface area (TPSA) is 50.9 Å². The molecule has 5 heteroatoms. The largest absolute Gasteiger partial charge is 0.389 e. The zero-order chi connectivity index (χ0) is 13.7. The summed E-state index contributed by atoms with van der Waals surface area (Å²) in [6, 6.07) is 9.53. The van der Waals surface area contributed by atoms with Gasteiger partial charge in [-0.15, -0.1) is 0 Å². The second-order valence-corrected chi connectivity index (χ2v) is 4.94. The molecule has 0 bridgehead atoms. The lowest BCUT2D eigenvalue weighted by Gasteiger charge is -2.09. The molecule has 98 valence electrons. The van der Waals surface area contributed by atoms with Gasteiger partial charge in [0.05, 0.1) is 10.7 Å². The van der Waals surface area contributed by atoms with Crippen LogP contribution in [0.4, 0.5) is 5.69 Å². The smallest absolute Gasteiger partial charge is 0.104 e. The molecule has 3 nitrogen and oxygen atoms in total. The quantitative estimate of drug-likeness (QED) is 0.832. The Kier molecular flexibility index (Phi) is 4.71. The normalized spacial score (nSPS) is 10.2. The Hall–Kier alpha value is -1.65. The Morgan fingerprint density at radius 2 is 2.00 bits per heavy atom. The van der Waals surface area contributed by atoms with Crippen LogP contribution in [0.1, 0.15) is 11.1 Å². The highest BCUT2D eigenvalue weighted by Crippen LogP contribution is 2.23. The molecule has 3 N–H and O–H groups in total. The van der Waals surface area contributed by atoms with Gasteiger partial charge in [0.15, 0.2) is 0 Å². The van der Waals surface area contributed by atoms with Crippen LogP contribution in [0.2, 0.25) is 5.02 Å². The van der Waals surface area contributed by atoms with Crippen LogP contribution in [-0.4, -0.2) is 16.5 Å². The first-order valence-electron chi connectivity index (χ1n) is 5.89. The highest BCUT2D eigenvalue weighted by atomic mass is 35.5. The molecule has 2 rings (SSSR count). The molecule has 0 fully saturated rings. The molecule has 0 unspecified atom stereocenters. The van der Waals surface area contributed by atoms with Crippen molar-refractivity contribution < 1.29 is 0 Å². The number of anilines is 1. The summed E-state index contributed by atoms with van der Waals surface area (Å²) in [5.74, 6) is 0. The number of rotatable bonds is 5. The molecular weight excluding hydrogens is 278 g/mol. The van der Waals surface area contributed by atoms with Gasteiger partial charge in [0, 0.05) is 24.5 Å². The van der Waals surface area contributed by atoms with Gasteiger partial charge in [-0.1, -0.05) is 23.8 Å². The van der Waals surface area contributed by atoms with Crippen molar-refractivity contribution in [3.8, 4) is 0 Å². The lowest BCUT2D eigenvalue weighted by Crippen LogP contribution is -2.10. The summed E-state index contributed by atoms with van der Waals surface area (Å²) in [7, 11) is 0. The van der Waals surface area contributed by atoms with E-state index in [0.717, 1.165) is 24.2 Å². The van der Waals surface area contributed by atoms with E-state index in [9.17, 15) is 0 Å². The second kappa shape index (κ2) is 6.50. The van der Waals surface area contributed by atoms with Gasteiger partial charge in [-0.2, -0.15) is 0 Å². The van der Waals surface area contributed by atoms with E-state index in [1.54, 1.807) is 18.5 Å². The summed E-state index contributed by atoms with van der Waals surface area (Å²) < 4.78 is 0. The average molecular weight is 292 g/mol. The number of hydrogen-bond acceptors (Lipinski definition) is 3. The molecule has 0 aliphatic rings. The van der Waals surface area contributed by atoms with Crippen molar-refractivity contribution in [1.82, 2.24) is 4.98 Å². The maximum Gasteiger partial charge on any atom is 0.104 e. The molecule has 0 saturated carbocycles. The first-order valence-corrected chi connectivity index (χ1v) is 6.67. The van der Waals surface area contributed by atoms with Crippen LogP contribution in [0.3, 0.4) is 0 Å². The van der Waals surface area contributed by atoms with E-state index in [0.29, 0.717) is 10.0 Å². The van der Waals surface area contributed by atoms with Gasteiger partial charge in [0.25, 0.3) is 0 Å². The summed E-state index contributed by atoms with van der Waals surface area (Å²) in [4.78, 5) is 4.34. The van der Waals surface area contributed by atoms with Gasteiger partial charge in [-0.3, -0.25) is 4.98 Å². The second-order valence-electron chi connectivity index (χ2n) is 4.09. The minimum absolute atomic E-state index is 0.352. The van der Waals surface area contributed by atoms with Crippen LogP contribution >= 0.6 is 23.8 Å². The van der Waals surface area contributed by atoms with E-state index >= 15 is 0 Å². The van der Waals surface area contributed by atoms with Gasteiger partial charge in [-0.25, -0.2) is 0 Å². The van der Waals surface area contributed by atoms with Crippen LogP contribution in [-0.2, 0) is 6.42 Å². The first kappa shape index (κ1) is 13.8. The molecule has 0 radical (unpaired) electrons. The maximum atomic E-state index is 6.17. The molecule has 1 aromatic heterocycles. The molecule has 0 saturated heterocycles. The number of pyridine rings is 1. The molecule has 0 amide bonds. The van der Waals surface area contributed by atoms with Crippen molar-refractivity contribution in [2.24, 2.45) is 5.73 Å². The summed E-state index contributed by atoms with van der Waals surface area (Å²) in [5.41, 5.74) is 8.45. The van der Waals surface area contributed by atoms with Crippen molar-refractivity contribution in [3.05, 3.63) is 58.9 Å². The van der Waals surface area contributed by atoms with E-state index in [2.05, 4.69) is 10.3 Å². The highest BCUT2D eigenvalue weighted by molar-refractivity contribution is 7.80. The lowest BCUT2D eigenvalue weighted by molar-refractivity contribution is 1.01. The first-order chi connectivity index (χ1) is 9.16. The Bertz CT molecular complexity index is 572. The van der Waals surface area contributed by atoms with Crippen molar-refractivity contribution in [3.63, 3.8) is 0 Å². The van der Waals surface area contributed by atoms with Crippen molar-refractivity contribution >= 4 is 34.5 Å². The van der Waals surface area contributed by atoms with Gasteiger partial charge in [-0.05, 0) is 42.3 Å². The Balaban J connectivity index is 1.95. The van der Waals surface area contributed by atoms with Gasteiger partial charge in [0.1, 0.15) is 4.99 Å². The third-order valence-corrected chi connectivity index (χ3v) is 3.28. The van der Waals surface area contributed by atoms with Crippen LogP contribution in [0.15, 0.2) is 42.7 Å². The molecule has 2 aromatic rings. The number of benzene rings is 1. The Morgan fingerprint density at radius 1 is 1.26 bits per heavy atom. The van der Waals surface area contributed by atoms with Crippen LogP contribution in [0, 0.1) is 0 Å². The molecular formula is C14H14ClN3S. The Morgan fingerprint density at radius 3 is 2.63 bits per heavy atom. The van der Waals surface area contributed by atoms with Crippen molar-refractivity contribution in [2.75, 3.05) is 11.9 Å². The predicted molar refractivity (Wildman–Crippen MR) is 83.8 cm³/mol. The van der Waals surface area contributed by atoms with Gasteiger partial charge in [0.2, 0.25) is 0 Å². The summed E-state index contributed by atoms with van der Waals surface area (Å²) in [6.07, 6.45) is 4.49. The number of hydrogen-bond donors (Lipinski definition) is 2. The lowest BCUT2D eigenvalue weighted by atomic mass is 10.2. The highest BCUT2D eigenvalue weighted by Gasteiger charge is 2.03. The monoisotopic (exact) mass is 291 g/mol. The summed E-state index contributed by atoms with van der Waals surface area (Å²) in [6.45, 7) is 0.802. The van der Waals surface area contributed by atoms with E-state index in [4.69, 9.17) is 29.6 Å². The number of thiocarbonyl (C=S) groups is 1. The third-order valence-electron chi connectivity index (χ3n) is 2.73. The fraction of sp³-hybridized carbons (Fsp3) is 0.143. The van der Waals surface area contributed by atoms with Crippen LogP contribution < -0.4 is 11.1 Å². The maximum absolute atomic E-state index is 6.17. The zero-order valence-corrected chi connectivity index (χ0v) is 11.8. The number of halogens is 1. The molecule has 1 heterocycles. The molecule has 0 aliphatic carbocycles. The van der Waals surface area contributed by atoms with Gasteiger partial charge < -0.3 is 11.1 Å². The predicted octanol–water partition coefficient (Wildman–Crippen LogP) is 3.02. The molecule has 19 heavy (non-hydrogen) atoms. The molecule has 1 aromatic carbocycles. The van der Waals surface area contributed by atoms with Crippen LogP contribution in [0.5, 0.6) is 0 Å². The number of nitrogens with zero attached hydrogens (tertiary/aromatic N) is 1. The van der Waals surface area contributed by atoms with Crippen molar-refractivity contribution in [2.45, 2.75) is 6.42 Å². The summed E-state index contributed by atoms with van der Waals surface area (Å²) >= 11 is 11.1. The van der Waals surface area contributed by atoms with E-state index in [-0.39, 0.29) is 0 Å². The fourth-order valence-electron chi connectivity index (χ4n) is 1.70. The molecule has 0 spiro atoms. The van der Waals surface area contributed by atoms with Gasteiger partial charge >= 0.3 is 0 Å². The Labute approximate surface area is 122 Å². The van der Waals surface area contributed by atoms with E-state index in [1.807, 2.05) is 24.3 Å². The number of nitrogens with two attached hydrogens (primary N) is 1. The molecule has 0 atom stereocenters. The third kappa shape index (κ3) is 3.91. The van der Waals surface area contributed by atoms with E-state index in [1.165, 1.54) is 5.56 Å². The summed E-state index contributed by atoms with van der Waals surface area (Å²) in [5, 5.41) is 3.92. The SMILES string of the molecule is NC(=S)c1ccc(NCCc2ccncc2)c(Cl)c1. The standard InChI is InChI=1S/C14H14ClN3S/c15-12-9-11(14(16)19)1-2-13(12)18-8-5-10-3-6-17-7-4-10/h1-4,6-7,9,18H,5,8H2,(H2,16,19). The minimum atomic E-state index is 0.352. The zero-order valence-electron chi connectivity index (χ0n) is 10.3. The van der Waals surface area contributed by atoms with Crippen LogP contribution in [0.25, 0.3) is 0 Å². The molecule has 0 aliphatic heterocycles. The minimum Gasteiger partial charge on any atom is -0.389 e. The average Bonchev–Trinajstić information content (AvgIpc) is 2.41. The van der Waals surface area contributed by atoms with Crippen molar-refractivity contribution in [1.29, 1.82) is 0 Å².